The van der Waals surface area contributed by atoms with E-state index >= 15 is 0 Å². The average molecular weight is 298 g/mol. The Morgan fingerprint density at radius 1 is 1.33 bits per heavy atom. The molecule has 2 rings (SSSR count). The molecular formula is C11H24ClN3O2S. The lowest BCUT2D eigenvalue weighted by atomic mass is 9.78. The van der Waals surface area contributed by atoms with Crippen LogP contribution in [-0.4, -0.2) is 37.4 Å². The molecule has 18 heavy (non-hydrogen) atoms. The quantitative estimate of drug-likeness (QED) is 0.813. The number of hydrogen-bond acceptors (Lipinski definition) is 3. The van der Waals surface area contributed by atoms with Gasteiger partial charge in [0.05, 0.1) is 0 Å². The smallest absolute Gasteiger partial charge is 0.279 e. The van der Waals surface area contributed by atoms with Gasteiger partial charge in [0.25, 0.3) is 10.2 Å². The van der Waals surface area contributed by atoms with Crippen LogP contribution in [0.3, 0.4) is 0 Å². The highest BCUT2D eigenvalue weighted by molar-refractivity contribution is 7.87. The van der Waals surface area contributed by atoms with Gasteiger partial charge in [0.15, 0.2) is 0 Å². The fraction of sp³-hybridized carbons (Fsp3) is 1.00. The summed E-state index contributed by atoms with van der Waals surface area (Å²) in [5, 5.41) is 0. The molecule has 1 heterocycles. The molecule has 7 heteroatoms. The van der Waals surface area contributed by atoms with E-state index in [-0.39, 0.29) is 24.0 Å². The Kier molecular flexibility index (Phi) is 5.44. The lowest BCUT2D eigenvalue weighted by Crippen LogP contribution is -2.57. The van der Waals surface area contributed by atoms with Crippen molar-refractivity contribution in [3.63, 3.8) is 0 Å². The predicted octanol–water partition coefficient (Wildman–Crippen LogP) is 0.998. The summed E-state index contributed by atoms with van der Waals surface area (Å²) in [6.45, 7) is 2.98. The van der Waals surface area contributed by atoms with E-state index in [4.69, 9.17) is 5.73 Å². The molecule has 1 saturated carbocycles. The normalized spacial score (nSPS) is 28.2. The maximum Gasteiger partial charge on any atom is 0.279 e. The maximum absolute atomic E-state index is 12.1. The molecule has 2 fully saturated rings. The fourth-order valence-corrected chi connectivity index (χ4v) is 4.14. The van der Waals surface area contributed by atoms with Gasteiger partial charge in [-0.1, -0.05) is 6.42 Å². The molecule has 0 bridgehead atoms. The van der Waals surface area contributed by atoms with Gasteiger partial charge < -0.3 is 5.73 Å². The maximum atomic E-state index is 12.1. The van der Waals surface area contributed by atoms with Crippen molar-refractivity contribution in [2.24, 2.45) is 5.73 Å². The third kappa shape index (κ3) is 3.57. The van der Waals surface area contributed by atoms with Crippen molar-refractivity contribution in [1.29, 1.82) is 0 Å². The van der Waals surface area contributed by atoms with E-state index in [9.17, 15) is 8.42 Å². The van der Waals surface area contributed by atoms with Crippen molar-refractivity contribution < 1.29 is 8.42 Å². The zero-order valence-corrected chi connectivity index (χ0v) is 12.5. The lowest BCUT2D eigenvalue weighted by Gasteiger charge is -2.39. The number of piperidine rings is 1. The van der Waals surface area contributed by atoms with E-state index in [0.29, 0.717) is 13.1 Å². The van der Waals surface area contributed by atoms with Crippen LogP contribution in [0.1, 0.15) is 45.4 Å². The van der Waals surface area contributed by atoms with Crippen molar-refractivity contribution in [3.05, 3.63) is 0 Å². The highest BCUT2D eigenvalue weighted by Gasteiger charge is 2.36. The van der Waals surface area contributed by atoms with E-state index in [1.54, 1.807) is 4.31 Å². The van der Waals surface area contributed by atoms with Gasteiger partial charge >= 0.3 is 0 Å². The van der Waals surface area contributed by atoms with Gasteiger partial charge in [0.1, 0.15) is 0 Å². The van der Waals surface area contributed by atoms with Crippen molar-refractivity contribution in [1.82, 2.24) is 9.03 Å². The molecular weight excluding hydrogens is 274 g/mol. The third-order valence-electron chi connectivity index (χ3n) is 4.01. The monoisotopic (exact) mass is 297 g/mol. The predicted molar refractivity (Wildman–Crippen MR) is 75.0 cm³/mol. The molecule has 1 saturated heterocycles. The molecule has 1 aliphatic carbocycles. The molecule has 2 aliphatic rings. The molecule has 0 amide bonds. The zero-order valence-electron chi connectivity index (χ0n) is 10.9. The molecule has 0 radical (unpaired) electrons. The average Bonchev–Trinajstić information content (AvgIpc) is 2.24. The van der Waals surface area contributed by atoms with Gasteiger partial charge in [0, 0.05) is 24.7 Å². The molecule has 1 aliphatic heterocycles. The van der Waals surface area contributed by atoms with Crippen LogP contribution in [0.15, 0.2) is 0 Å². The lowest BCUT2D eigenvalue weighted by molar-refractivity contribution is 0.239. The first-order valence-electron chi connectivity index (χ1n) is 6.48. The summed E-state index contributed by atoms with van der Waals surface area (Å²) < 4.78 is 28.5. The number of nitrogens with two attached hydrogens (primary N) is 1. The zero-order chi connectivity index (χ0) is 12.5. The number of nitrogens with one attached hydrogen (secondary N) is 1. The topological polar surface area (TPSA) is 75.4 Å². The van der Waals surface area contributed by atoms with Gasteiger partial charge in [-0.25, -0.2) is 4.72 Å². The Hall–Kier alpha value is 0.120. The summed E-state index contributed by atoms with van der Waals surface area (Å²) in [5.41, 5.74) is 5.73. The van der Waals surface area contributed by atoms with Gasteiger partial charge in [-0.3, -0.25) is 0 Å². The van der Waals surface area contributed by atoms with Crippen LogP contribution in [0.5, 0.6) is 0 Å². The van der Waals surface area contributed by atoms with Crippen molar-refractivity contribution >= 4 is 22.6 Å². The fourth-order valence-electron chi connectivity index (χ4n) is 2.55. The molecule has 3 N–H and O–H groups in total. The van der Waals surface area contributed by atoms with Crippen LogP contribution in [-0.2, 0) is 10.2 Å². The van der Waals surface area contributed by atoms with Crippen molar-refractivity contribution in [2.75, 3.05) is 13.1 Å². The minimum absolute atomic E-state index is 0. The molecule has 1 atom stereocenters. The van der Waals surface area contributed by atoms with Gasteiger partial charge in [0.2, 0.25) is 0 Å². The first-order valence-corrected chi connectivity index (χ1v) is 7.92. The van der Waals surface area contributed by atoms with E-state index in [1.165, 1.54) is 0 Å². The van der Waals surface area contributed by atoms with Crippen LogP contribution in [0.4, 0.5) is 0 Å². The van der Waals surface area contributed by atoms with E-state index < -0.39 is 10.2 Å². The number of hydrogen-bond donors (Lipinski definition) is 2. The summed E-state index contributed by atoms with van der Waals surface area (Å²) in [5.74, 6) is 0. The highest BCUT2D eigenvalue weighted by Crippen LogP contribution is 2.28. The molecule has 1 unspecified atom stereocenters. The number of rotatable bonds is 4. The second-order valence-corrected chi connectivity index (χ2v) is 7.21. The molecule has 0 spiro atoms. The number of nitrogens with zero attached hydrogens (tertiary/aromatic N) is 1. The summed E-state index contributed by atoms with van der Waals surface area (Å²) >= 11 is 0. The second-order valence-electron chi connectivity index (χ2n) is 5.50. The van der Waals surface area contributed by atoms with E-state index in [0.717, 1.165) is 38.5 Å². The van der Waals surface area contributed by atoms with Crippen LogP contribution in [0.2, 0.25) is 0 Å². The second kappa shape index (κ2) is 6.05. The van der Waals surface area contributed by atoms with Crippen molar-refractivity contribution in [3.8, 4) is 0 Å². The molecule has 5 nitrogen and oxygen atoms in total. The van der Waals surface area contributed by atoms with E-state index in [1.807, 2.05) is 6.92 Å². The standard InChI is InChI=1S/C11H23N3O2S.ClH/c1-10-5-2-3-8-14(10)17(15,16)13-9-11(12)6-4-7-11;/h10,13H,2-9,12H2,1H3;1H. The van der Waals surface area contributed by atoms with E-state index in [2.05, 4.69) is 4.72 Å². The van der Waals surface area contributed by atoms with Gasteiger partial charge in [-0.05, 0) is 39.0 Å². The Labute approximate surface area is 116 Å². The van der Waals surface area contributed by atoms with Crippen LogP contribution in [0, 0.1) is 0 Å². The van der Waals surface area contributed by atoms with Crippen LogP contribution < -0.4 is 10.5 Å². The third-order valence-corrected chi connectivity index (χ3v) is 5.68. The Balaban J connectivity index is 0.00000162. The molecule has 0 aromatic carbocycles. The summed E-state index contributed by atoms with van der Waals surface area (Å²) in [7, 11) is -3.34. The summed E-state index contributed by atoms with van der Waals surface area (Å²) in [6, 6.07) is 0.108. The Morgan fingerprint density at radius 3 is 2.50 bits per heavy atom. The highest BCUT2D eigenvalue weighted by atomic mass is 35.5. The minimum atomic E-state index is -3.34. The first-order chi connectivity index (χ1) is 7.93. The molecule has 108 valence electrons. The Bertz CT molecular complexity index is 370. The van der Waals surface area contributed by atoms with Crippen LogP contribution in [0.25, 0.3) is 0 Å². The van der Waals surface area contributed by atoms with Gasteiger partial charge in [-0.2, -0.15) is 12.7 Å². The minimum Gasteiger partial charge on any atom is -0.324 e. The summed E-state index contributed by atoms with van der Waals surface area (Å²) in [4.78, 5) is 0. The largest absolute Gasteiger partial charge is 0.324 e. The van der Waals surface area contributed by atoms with Crippen molar-refractivity contribution in [2.45, 2.75) is 57.0 Å². The molecule has 0 aromatic rings. The Morgan fingerprint density at radius 2 is 2.00 bits per heavy atom. The van der Waals surface area contributed by atoms with Gasteiger partial charge in [-0.15, -0.1) is 12.4 Å². The number of halogens is 1. The SMILES string of the molecule is CC1CCCCN1S(=O)(=O)NCC1(N)CCC1.Cl. The first kappa shape index (κ1) is 16.2. The van der Waals surface area contributed by atoms with Crippen LogP contribution >= 0.6 is 12.4 Å². The summed E-state index contributed by atoms with van der Waals surface area (Å²) in [6.07, 6.45) is 5.98. The molecule has 0 aromatic heterocycles.